The van der Waals surface area contributed by atoms with Gasteiger partial charge in [-0.1, -0.05) is 6.07 Å². The van der Waals surface area contributed by atoms with Gasteiger partial charge in [0.05, 0.1) is 4.20 Å². The molecule has 1 aromatic carbocycles. The summed E-state index contributed by atoms with van der Waals surface area (Å²) in [6.45, 7) is 3.71. The zero-order valence-corrected chi connectivity index (χ0v) is 7.36. The summed E-state index contributed by atoms with van der Waals surface area (Å²) in [6, 6.07) is 5.12. The van der Waals surface area contributed by atoms with E-state index in [4.69, 9.17) is 0 Å². The van der Waals surface area contributed by atoms with E-state index in [9.17, 15) is 8.76 Å². The third kappa shape index (κ3) is 2.09. The molecule has 0 N–H and O–H groups in total. The summed E-state index contributed by atoms with van der Waals surface area (Å²) >= 11 is 0. The van der Waals surface area contributed by atoms with E-state index in [0.29, 0.717) is 0 Å². The lowest BCUT2D eigenvalue weighted by Crippen LogP contribution is -1.95. The highest BCUT2D eigenvalue weighted by Gasteiger charge is 2.19. The van der Waals surface area contributed by atoms with Gasteiger partial charge in [0.1, 0.15) is 0 Å². The van der Waals surface area contributed by atoms with Crippen molar-refractivity contribution in [1.82, 2.24) is 0 Å². The SMILES string of the molecule is Cc1cc(C)cc([P+](=O)F)c1. The maximum absolute atomic E-state index is 12.3. The molecule has 0 amide bonds. The van der Waals surface area contributed by atoms with Gasteiger partial charge < -0.3 is 0 Å². The van der Waals surface area contributed by atoms with Crippen LogP contribution in [0.4, 0.5) is 4.20 Å². The number of hydrogen-bond donors (Lipinski definition) is 0. The Morgan fingerprint density at radius 2 is 1.64 bits per heavy atom. The van der Waals surface area contributed by atoms with E-state index in [1.165, 1.54) is 0 Å². The molecule has 0 heterocycles. The molecule has 1 rings (SSSR count). The van der Waals surface area contributed by atoms with Gasteiger partial charge in [-0.15, -0.1) is 0 Å². The summed E-state index contributed by atoms with van der Waals surface area (Å²) in [7, 11) is -2.68. The number of rotatable bonds is 1. The van der Waals surface area contributed by atoms with Crippen molar-refractivity contribution in [2.24, 2.45) is 0 Å². The molecular formula is C8H9FOP+. The van der Waals surface area contributed by atoms with Crippen LogP contribution in [-0.4, -0.2) is 0 Å². The second kappa shape index (κ2) is 3.10. The highest BCUT2D eigenvalue weighted by atomic mass is 31.1. The van der Waals surface area contributed by atoms with E-state index >= 15 is 0 Å². The number of hydrogen-bond acceptors (Lipinski definition) is 1. The summed E-state index contributed by atoms with van der Waals surface area (Å²) in [6.07, 6.45) is 0. The molecule has 0 bridgehead atoms. The Hall–Kier alpha value is -0.750. The largest absolute Gasteiger partial charge is 0.597 e. The Bertz CT molecular complexity index is 276. The first-order valence-corrected chi connectivity index (χ1v) is 4.46. The minimum absolute atomic E-state index is 0.289. The van der Waals surface area contributed by atoms with E-state index in [0.717, 1.165) is 11.1 Å². The summed E-state index contributed by atoms with van der Waals surface area (Å²) in [5.41, 5.74) is 1.89. The van der Waals surface area contributed by atoms with Crippen molar-refractivity contribution in [3.63, 3.8) is 0 Å². The predicted molar refractivity (Wildman–Crippen MR) is 44.3 cm³/mol. The lowest BCUT2D eigenvalue weighted by Gasteiger charge is -1.92. The minimum atomic E-state index is -2.68. The van der Waals surface area contributed by atoms with Crippen LogP contribution in [0.2, 0.25) is 0 Å². The zero-order chi connectivity index (χ0) is 8.43. The van der Waals surface area contributed by atoms with Crippen LogP contribution in [0.25, 0.3) is 0 Å². The Kier molecular flexibility index (Phi) is 2.35. The summed E-state index contributed by atoms with van der Waals surface area (Å²) < 4.78 is 22.7. The lowest BCUT2D eigenvalue weighted by atomic mass is 10.2. The summed E-state index contributed by atoms with van der Waals surface area (Å²) in [5.74, 6) is 0. The molecular weight excluding hydrogens is 162 g/mol. The van der Waals surface area contributed by atoms with Crippen molar-refractivity contribution in [3.8, 4) is 0 Å². The van der Waals surface area contributed by atoms with Crippen LogP contribution in [-0.2, 0) is 4.57 Å². The Labute approximate surface area is 66.2 Å². The van der Waals surface area contributed by atoms with Crippen molar-refractivity contribution in [2.75, 3.05) is 0 Å². The normalized spacial score (nSPS) is 11.4. The van der Waals surface area contributed by atoms with Crippen LogP contribution in [0, 0.1) is 13.8 Å². The van der Waals surface area contributed by atoms with E-state index in [1.807, 2.05) is 19.9 Å². The number of halogens is 1. The van der Waals surface area contributed by atoms with Crippen molar-refractivity contribution in [1.29, 1.82) is 0 Å². The fourth-order valence-corrected chi connectivity index (χ4v) is 1.66. The van der Waals surface area contributed by atoms with Gasteiger partial charge in [0.2, 0.25) is 5.30 Å². The Morgan fingerprint density at radius 1 is 1.18 bits per heavy atom. The van der Waals surface area contributed by atoms with Crippen molar-refractivity contribution in [3.05, 3.63) is 29.3 Å². The molecule has 0 spiro atoms. The molecule has 0 saturated heterocycles. The number of aryl methyl sites for hydroxylation is 2. The second-order valence-corrected chi connectivity index (χ2v) is 3.60. The molecule has 58 valence electrons. The topological polar surface area (TPSA) is 17.1 Å². The van der Waals surface area contributed by atoms with Gasteiger partial charge in [0.15, 0.2) is 0 Å². The van der Waals surface area contributed by atoms with Crippen LogP contribution >= 0.6 is 8.11 Å². The van der Waals surface area contributed by atoms with Crippen LogP contribution in [0.15, 0.2) is 18.2 Å². The maximum atomic E-state index is 12.3. The second-order valence-electron chi connectivity index (χ2n) is 2.59. The molecule has 0 saturated carbocycles. The molecule has 0 aliphatic carbocycles. The monoisotopic (exact) mass is 171 g/mol. The smallest absolute Gasteiger partial charge is 0.0561 e. The Morgan fingerprint density at radius 3 is 2.00 bits per heavy atom. The highest BCUT2D eigenvalue weighted by Crippen LogP contribution is 2.21. The standard InChI is InChI=1S/C8H9FOP/c1-6-3-7(2)5-8(4-6)11(9)10/h3-5H,1-2H3/q+1. The van der Waals surface area contributed by atoms with Crippen LogP contribution < -0.4 is 5.30 Å². The molecule has 11 heavy (non-hydrogen) atoms. The minimum Gasteiger partial charge on any atom is -0.0561 e. The van der Waals surface area contributed by atoms with E-state index < -0.39 is 8.11 Å². The third-order valence-electron chi connectivity index (χ3n) is 1.41. The maximum Gasteiger partial charge on any atom is 0.597 e. The zero-order valence-electron chi connectivity index (χ0n) is 6.47. The Balaban J connectivity index is 3.19. The van der Waals surface area contributed by atoms with Crippen molar-refractivity contribution in [2.45, 2.75) is 13.8 Å². The van der Waals surface area contributed by atoms with Gasteiger partial charge in [-0.2, -0.15) is 0 Å². The van der Waals surface area contributed by atoms with Crippen molar-refractivity contribution < 1.29 is 8.76 Å². The lowest BCUT2D eigenvalue weighted by molar-refractivity contribution is 0.567. The fraction of sp³-hybridized carbons (Fsp3) is 0.250. The molecule has 0 aliphatic rings. The fourth-order valence-electron chi connectivity index (χ4n) is 1.05. The first-order chi connectivity index (χ1) is 5.09. The van der Waals surface area contributed by atoms with Gasteiger partial charge >= 0.3 is 8.11 Å². The predicted octanol–water partition coefficient (Wildman–Crippen LogP) is 2.64. The number of benzene rings is 1. The molecule has 1 unspecified atom stereocenters. The first kappa shape index (κ1) is 8.35. The molecule has 0 aromatic heterocycles. The van der Waals surface area contributed by atoms with E-state index in [2.05, 4.69) is 0 Å². The molecule has 0 radical (unpaired) electrons. The van der Waals surface area contributed by atoms with Crippen LogP contribution in [0.3, 0.4) is 0 Å². The average molecular weight is 171 g/mol. The molecule has 0 fully saturated rings. The molecule has 1 nitrogen and oxygen atoms in total. The molecule has 0 aliphatic heterocycles. The van der Waals surface area contributed by atoms with Crippen LogP contribution in [0.1, 0.15) is 11.1 Å². The molecule has 1 atom stereocenters. The van der Waals surface area contributed by atoms with Gasteiger partial charge in [-0.25, -0.2) is 0 Å². The first-order valence-electron chi connectivity index (χ1n) is 3.31. The van der Waals surface area contributed by atoms with Gasteiger partial charge in [0, 0.05) is 0 Å². The molecule has 3 heteroatoms. The van der Waals surface area contributed by atoms with Crippen molar-refractivity contribution >= 4 is 13.4 Å². The van der Waals surface area contributed by atoms with E-state index in [1.54, 1.807) is 12.1 Å². The third-order valence-corrected chi connectivity index (χ3v) is 2.07. The summed E-state index contributed by atoms with van der Waals surface area (Å²) in [4.78, 5) is 0. The summed E-state index contributed by atoms with van der Waals surface area (Å²) in [5, 5.41) is 0.289. The van der Waals surface area contributed by atoms with Gasteiger partial charge in [-0.05, 0) is 41.7 Å². The van der Waals surface area contributed by atoms with Gasteiger partial charge in [-0.3, -0.25) is 0 Å². The quantitative estimate of drug-likeness (QED) is 0.593. The molecule has 1 aromatic rings. The van der Waals surface area contributed by atoms with Gasteiger partial charge in [0.25, 0.3) is 0 Å². The highest BCUT2D eigenvalue weighted by molar-refractivity contribution is 7.47. The average Bonchev–Trinajstić information content (AvgIpc) is 1.85. The van der Waals surface area contributed by atoms with E-state index in [-0.39, 0.29) is 5.30 Å². The van der Waals surface area contributed by atoms with Crippen LogP contribution in [0.5, 0.6) is 0 Å².